The molecule has 0 atom stereocenters. The standard InChI is InChI=1S/C19H22N2O4/c1-13-5-8-17(14(2)9-13)25-12-19(22)21-20-11-15-6-7-16(23-3)10-18(15)24-4/h5-11H,12H2,1-4H3,(H,21,22). The van der Waals surface area contributed by atoms with Crippen LogP contribution in [0.1, 0.15) is 16.7 Å². The fourth-order valence-electron chi connectivity index (χ4n) is 2.24. The molecule has 1 amide bonds. The van der Waals surface area contributed by atoms with Gasteiger partial charge in [0.05, 0.1) is 20.4 Å². The lowest BCUT2D eigenvalue weighted by Crippen LogP contribution is -2.24. The lowest BCUT2D eigenvalue weighted by molar-refractivity contribution is -0.123. The molecule has 6 nitrogen and oxygen atoms in total. The van der Waals surface area contributed by atoms with Gasteiger partial charge in [-0.1, -0.05) is 17.7 Å². The number of nitrogens with one attached hydrogen (secondary N) is 1. The van der Waals surface area contributed by atoms with Crippen molar-refractivity contribution < 1.29 is 19.0 Å². The third-order valence-electron chi connectivity index (χ3n) is 3.52. The van der Waals surface area contributed by atoms with Gasteiger partial charge in [-0.15, -0.1) is 0 Å². The first-order valence-electron chi connectivity index (χ1n) is 7.77. The Kier molecular flexibility index (Phi) is 6.39. The molecule has 0 fully saturated rings. The first kappa shape index (κ1) is 18.3. The zero-order chi connectivity index (χ0) is 18.2. The van der Waals surface area contributed by atoms with Crippen LogP contribution in [0.25, 0.3) is 0 Å². The molecule has 0 unspecified atom stereocenters. The van der Waals surface area contributed by atoms with Crippen LogP contribution in [0.3, 0.4) is 0 Å². The number of nitrogens with zero attached hydrogens (tertiary/aromatic N) is 1. The summed E-state index contributed by atoms with van der Waals surface area (Å²) in [6.07, 6.45) is 1.51. The van der Waals surface area contributed by atoms with Crippen molar-refractivity contribution in [3.63, 3.8) is 0 Å². The molecule has 0 aromatic heterocycles. The molecule has 0 saturated carbocycles. The molecule has 0 spiro atoms. The second kappa shape index (κ2) is 8.73. The number of ether oxygens (including phenoxy) is 3. The van der Waals surface area contributed by atoms with Crippen LogP contribution in [0.5, 0.6) is 17.2 Å². The molecule has 0 aliphatic heterocycles. The molecule has 0 aliphatic carbocycles. The second-order valence-electron chi connectivity index (χ2n) is 5.46. The van der Waals surface area contributed by atoms with Crippen molar-refractivity contribution in [3.05, 3.63) is 53.1 Å². The quantitative estimate of drug-likeness (QED) is 0.620. The summed E-state index contributed by atoms with van der Waals surface area (Å²) in [5, 5.41) is 3.93. The van der Waals surface area contributed by atoms with Crippen molar-refractivity contribution in [2.24, 2.45) is 5.10 Å². The summed E-state index contributed by atoms with van der Waals surface area (Å²) in [6, 6.07) is 11.1. The minimum atomic E-state index is -0.344. The van der Waals surface area contributed by atoms with Gasteiger partial charge in [0.15, 0.2) is 6.61 Å². The van der Waals surface area contributed by atoms with E-state index in [4.69, 9.17) is 14.2 Å². The molecular formula is C19H22N2O4. The number of benzene rings is 2. The van der Waals surface area contributed by atoms with Crippen LogP contribution in [-0.4, -0.2) is 32.9 Å². The van der Waals surface area contributed by atoms with Crippen molar-refractivity contribution in [1.82, 2.24) is 5.43 Å². The molecule has 2 aromatic rings. The van der Waals surface area contributed by atoms with E-state index in [1.807, 2.05) is 32.0 Å². The van der Waals surface area contributed by atoms with Gasteiger partial charge >= 0.3 is 0 Å². The first-order chi connectivity index (χ1) is 12.0. The van der Waals surface area contributed by atoms with Gasteiger partial charge in [0.2, 0.25) is 0 Å². The van der Waals surface area contributed by atoms with Crippen LogP contribution in [0, 0.1) is 13.8 Å². The Morgan fingerprint density at radius 3 is 2.56 bits per heavy atom. The van der Waals surface area contributed by atoms with Crippen molar-refractivity contribution in [3.8, 4) is 17.2 Å². The predicted molar refractivity (Wildman–Crippen MR) is 96.7 cm³/mol. The molecule has 132 valence electrons. The predicted octanol–water partition coefficient (Wildman–Crippen LogP) is 2.85. The topological polar surface area (TPSA) is 69.2 Å². The largest absolute Gasteiger partial charge is 0.497 e. The molecule has 2 aromatic carbocycles. The van der Waals surface area contributed by atoms with E-state index in [0.29, 0.717) is 17.2 Å². The number of amides is 1. The van der Waals surface area contributed by atoms with Crippen LogP contribution in [0.4, 0.5) is 0 Å². The van der Waals surface area contributed by atoms with Gasteiger partial charge in [-0.3, -0.25) is 4.79 Å². The van der Waals surface area contributed by atoms with E-state index in [1.54, 1.807) is 32.4 Å². The molecule has 0 bridgehead atoms. The molecule has 0 heterocycles. The summed E-state index contributed by atoms with van der Waals surface area (Å²) < 4.78 is 15.9. The highest BCUT2D eigenvalue weighted by atomic mass is 16.5. The van der Waals surface area contributed by atoms with Gasteiger partial charge in [0.1, 0.15) is 17.2 Å². The van der Waals surface area contributed by atoms with E-state index in [1.165, 1.54) is 6.21 Å². The number of aryl methyl sites for hydroxylation is 2. The maximum Gasteiger partial charge on any atom is 0.277 e. The molecule has 2 rings (SSSR count). The summed E-state index contributed by atoms with van der Waals surface area (Å²) in [5.41, 5.74) is 5.28. The zero-order valence-electron chi connectivity index (χ0n) is 14.8. The highest BCUT2D eigenvalue weighted by Gasteiger charge is 2.05. The Morgan fingerprint density at radius 1 is 1.08 bits per heavy atom. The lowest BCUT2D eigenvalue weighted by atomic mass is 10.1. The van der Waals surface area contributed by atoms with Gasteiger partial charge in [0.25, 0.3) is 5.91 Å². The average molecular weight is 342 g/mol. The Hall–Kier alpha value is -3.02. The van der Waals surface area contributed by atoms with Gasteiger partial charge in [-0.2, -0.15) is 5.10 Å². The van der Waals surface area contributed by atoms with Crippen LogP contribution in [-0.2, 0) is 4.79 Å². The summed E-state index contributed by atoms with van der Waals surface area (Å²) in [4.78, 5) is 11.8. The number of hydrogen-bond donors (Lipinski definition) is 1. The Labute approximate surface area is 147 Å². The molecule has 25 heavy (non-hydrogen) atoms. The summed E-state index contributed by atoms with van der Waals surface area (Å²) >= 11 is 0. The number of carbonyl (C=O) groups excluding carboxylic acids is 1. The highest BCUT2D eigenvalue weighted by molar-refractivity contribution is 5.85. The first-order valence-corrected chi connectivity index (χ1v) is 7.77. The SMILES string of the molecule is COc1ccc(C=NNC(=O)COc2ccc(C)cc2C)c(OC)c1. The van der Waals surface area contributed by atoms with Gasteiger partial charge in [0, 0.05) is 11.6 Å². The fraction of sp³-hybridized carbons (Fsp3) is 0.263. The normalized spacial score (nSPS) is 10.6. The Morgan fingerprint density at radius 2 is 1.88 bits per heavy atom. The minimum Gasteiger partial charge on any atom is -0.497 e. The third kappa shape index (κ3) is 5.24. The monoisotopic (exact) mass is 342 g/mol. The van der Waals surface area contributed by atoms with Crippen molar-refractivity contribution in [1.29, 1.82) is 0 Å². The number of carbonyl (C=O) groups is 1. The van der Waals surface area contributed by atoms with Crippen molar-refractivity contribution in [2.75, 3.05) is 20.8 Å². The zero-order valence-corrected chi connectivity index (χ0v) is 14.8. The lowest BCUT2D eigenvalue weighted by Gasteiger charge is -2.09. The Balaban J connectivity index is 1.90. The van der Waals surface area contributed by atoms with E-state index in [0.717, 1.165) is 16.7 Å². The minimum absolute atomic E-state index is 0.110. The van der Waals surface area contributed by atoms with E-state index in [-0.39, 0.29) is 12.5 Å². The third-order valence-corrected chi connectivity index (χ3v) is 3.52. The van der Waals surface area contributed by atoms with Gasteiger partial charge in [-0.05, 0) is 37.6 Å². The van der Waals surface area contributed by atoms with Crippen LogP contribution >= 0.6 is 0 Å². The van der Waals surface area contributed by atoms with E-state index < -0.39 is 0 Å². The van der Waals surface area contributed by atoms with Crippen LogP contribution in [0.15, 0.2) is 41.5 Å². The van der Waals surface area contributed by atoms with E-state index >= 15 is 0 Å². The summed E-state index contributed by atoms with van der Waals surface area (Å²) in [7, 11) is 3.14. The van der Waals surface area contributed by atoms with Gasteiger partial charge in [-0.25, -0.2) is 5.43 Å². The smallest absolute Gasteiger partial charge is 0.277 e. The maximum absolute atomic E-state index is 11.8. The van der Waals surface area contributed by atoms with Crippen LogP contribution < -0.4 is 19.6 Å². The fourth-order valence-corrected chi connectivity index (χ4v) is 2.24. The molecule has 6 heteroatoms. The molecule has 0 aliphatic rings. The average Bonchev–Trinajstić information content (AvgIpc) is 2.61. The number of hydrazone groups is 1. The summed E-state index contributed by atoms with van der Waals surface area (Å²) in [5.74, 6) is 1.62. The highest BCUT2D eigenvalue weighted by Crippen LogP contribution is 2.23. The van der Waals surface area contributed by atoms with Gasteiger partial charge < -0.3 is 14.2 Å². The summed E-state index contributed by atoms with van der Waals surface area (Å²) in [6.45, 7) is 3.83. The molecule has 0 radical (unpaired) electrons. The van der Waals surface area contributed by atoms with Crippen LogP contribution in [0.2, 0.25) is 0 Å². The maximum atomic E-state index is 11.8. The van der Waals surface area contributed by atoms with Crippen molar-refractivity contribution in [2.45, 2.75) is 13.8 Å². The van der Waals surface area contributed by atoms with Crippen molar-refractivity contribution >= 4 is 12.1 Å². The number of methoxy groups -OCH3 is 2. The van der Waals surface area contributed by atoms with E-state index in [9.17, 15) is 4.79 Å². The molecule has 0 saturated heterocycles. The molecule has 1 N–H and O–H groups in total. The van der Waals surface area contributed by atoms with E-state index in [2.05, 4.69) is 10.5 Å². The number of hydrogen-bond acceptors (Lipinski definition) is 5. The molecular weight excluding hydrogens is 320 g/mol. The second-order valence-corrected chi connectivity index (χ2v) is 5.46. The Bertz CT molecular complexity index is 772. The number of rotatable bonds is 7.